The second-order valence-electron chi connectivity index (χ2n) is 4.48. The number of hydrogen-bond donors (Lipinski definition) is 1. The van der Waals surface area contributed by atoms with Crippen molar-refractivity contribution in [3.63, 3.8) is 0 Å². The quantitative estimate of drug-likeness (QED) is 0.836. The van der Waals surface area contributed by atoms with Gasteiger partial charge in [-0.2, -0.15) is 0 Å². The van der Waals surface area contributed by atoms with Crippen LogP contribution in [0.25, 0.3) is 0 Å². The summed E-state index contributed by atoms with van der Waals surface area (Å²) < 4.78 is 23.8. The van der Waals surface area contributed by atoms with E-state index < -0.39 is 23.8 Å². The monoisotopic (exact) mass is 370 g/mol. The Bertz CT molecular complexity index is 717. The van der Waals surface area contributed by atoms with E-state index in [-0.39, 0.29) is 11.4 Å². The van der Waals surface area contributed by atoms with Gasteiger partial charge in [0.15, 0.2) is 11.9 Å². The van der Waals surface area contributed by atoms with Gasteiger partial charge < -0.3 is 14.6 Å². The van der Waals surface area contributed by atoms with Gasteiger partial charge in [0, 0.05) is 10.5 Å². The molecule has 1 heterocycles. The molecule has 6 nitrogen and oxygen atoms in total. The third-order valence-corrected chi connectivity index (χ3v) is 3.17. The number of carbonyl (C=O) groups excluding carboxylic acids is 2. The zero-order valence-electron chi connectivity index (χ0n) is 11.7. The van der Waals surface area contributed by atoms with Gasteiger partial charge in [-0.3, -0.25) is 4.79 Å². The molecule has 8 heteroatoms. The highest BCUT2D eigenvalue weighted by Gasteiger charge is 2.22. The topological polar surface area (TPSA) is 81.4 Å². The first kappa shape index (κ1) is 16.2. The Labute approximate surface area is 133 Å². The summed E-state index contributed by atoms with van der Waals surface area (Å²) in [5.74, 6) is -1.53. The Morgan fingerprint density at radius 3 is 2.77 bits per heavy atom. The van der Waals surface area contributed by atoms with Crippen molar-refractivity contribution in [1.29, 1.82) is 0 Å². The zero-order valence-corrected chi connectivity index (χ0v) is 13.3. The van der Waals surface area contributed by atoms with Crippen molar-refractivity contribution in [2.24, 2.45) is 0 Å². The molecule has 0 fully saturated rings. The van der Waals surface area contributed by atoms with E-state index in [1.807, 2.05) is 0 Å². The maximum Gasteiger partial charge on any atom is 0.341 e. The van der Waals surface area contributed by atoms with E-state index in [2.05, 4.69) is 26.4 Å². The largest absolute Gasteiger partial charge is 0.449 e. The molecule has 22 heavy (non-hydrogen) atoms. The fourth-order valence-electron chi connectivity index (χ4n) is 1.58. The number of aryl methyl sites for hydroxylation is 1. The molecule has 1 N–H and O–H groups in total. The molecule has 1 atom stereocenters. The number of benzene rings is 1. The van der Waals surface area contributed by atoms with E-state index in [1.54, 1.807) is 6.92 Å². The Kier molecular flexibility index (Phi) is 4.92. The summed E-state index contributed by atoms with van der Waals surface area (Å²) >= 11 is 3.13. The lowest BCUT2D eigenvalue weighted by Gasteiger charge is -2.12. The van der Waals surface area contributed by atoms with Crippen molar-refractivity contribution in [3.05, 3.63) is 45.9 Å². The van der Waals surface area contributed by atoms with Gasteiger partial charge in [0.05, 0.1) is 5.56 Å². The van der Waals surface area contributed by atoms with E-state index >= 15 is 0 Å². The molecule has 116 valence electrons. The van der Waals surface area contributed by atoms with Crippen LogP contribution >= 0.6 is 15.9 Å². The minimum atomic E-state index is -1.12. The third kappa shape index (κ3) is 3.91. The van der Waals surface area contributed by atoms with Crippen molar-refractivity contribution in [3.8, 4) is 0 Å². The second-order valence-corrected chi connectivity index (χ2v) is 5.40. The molecule has 1 amide bonds. The Balaban J connectivity index is 2.01. The smallest absolute Gasteiger partial charge is 0.341 e. The van der Waals surface area contributed by atoms with Crippen molar-refractivity contribution in [1.82, 2.24) is 5.16 Å². The van der Waals surface area contributed by atoms with Gasteiger partial charge in [-0.05, 0) is 32.0 Å². The summed E-state index contributed by atoms with van der Waals surface area (Å²) in [6.45, 7) is 3.04. The van der Waals surface area contributed by atoms with Crippen LogP contribution in [0.5, 0.6) is 0 Å². The number of hydrogen-bond acceptors (Lipinski definition) is 5. The van der Waals surface area contributed by atoms with Gasteiger partial charge in [-0.1, -0.05) is 21.1 Å². The highest BCUT2D eigenvalue weighted by molar-refractivity contribution is 9.10. The molecule has 2 rings (SSSR count). The first-order valence-corrected chi connectivity index (χ1v) is 7.06. The predicted octanol–water partition coefficient (Wildman–Crippen LogP) is 3.07. The van der Waals surface area contributed by atoms with Gasteiger partial charge in [0.1, 0.15) is 11.6 Å². The van der Waals surface area contributed by atoms with Gasteiger partial charge in [0.25, 0.3) is 5.91 Å². The number of aromatic nitrogens is 1. The van der Waals surface area contributed by atoms with E-state index in [0.29, 0.717) is 10.2 Å². The minimum absolute atomic E-state index is 0.207. The van der Waals surface area contributed by atoms with Crippen LogP contribution in [0.3, 0.4) is 0 Å². The highest BCUT2D eigenvalue weighted by Crippen LogP contribution is 2.17. The minimum Gasteiger partial charge on any atom is -0.449 e. The average Bonchev–Trinajstić information content (AvgIpc) is 2.86. The van der Waals surface area contributed by atoms with Crippen LogP contribution in [0.1, 0.15) is 23.0 Å². The number of anilines is 1. The molecule has 0 saturated carbocycles. The normalized spacial score (nSPS) is 11.8. The van der Waals surface area contributed by atoms with E-state index in [9.17, 15) is 14.0 Å². The SMILES string of the molecule is Cc1cc(NC(=O)[C@H](C)OC(=O)c2cc(Br)ccc2F)no1. The summed E-state index contributed by atoms with van der Waals surface area (Å²) in [5.41, 5.74) is -0.258. The number of esters is 1. The number of amides is 1. The number of ether oxygens (including phenoxy) is 1. The molecule has 0 saturated heterocycles. The van der Waals surface area contributed by atoms with Crippen LogP contribution in [-0.4, -0.2) is 23.1 Å². The highest BCUT2D eigenvalue weighted by atomic mass is 79.9. The Hall–Kier alpha value is -2.22. The number of carbonyl (C=O) groups is 2. The van der Waals surface area contributed by atoms with Crippen molar-refractivity contribution < 1.29 is 23.2 Å². The molecule has 0 aliphatic carbocycles. The Morgan fingerprint density at radius 2 is 2.14 bits per heavy atom. The van der Waals surface area contributed by atoms with E-state index in [1.165, 1.54) is 25.1 Å². The standard InChI is InChI=1S/C14H12BrFN2O4/c1-7-5-12(18-22-7)17-13(19)8(2)21-14(20)10-6-9(15)3-4-11(10)16/h3-6,8H,1-2H3,(H,17,18,19)/t8-/m0/s1. The van der Waals surface area contributed by atoms with Crippen LogP contribution in [0, 0.1) is 12.7 Å². The molecule has 1 aromatic heterocycles. The van der Waals surface area contributed by atoms with Crippen LogP contribution in [0.4, 0.5) is 10.2 Å². The van der Waals surface area contributed by atoms with Crippen molar-refractivity contribution in [2.75, 3.05) is 5.32 Å². The van der Waals surface area contributed by atoms with Crippen LogP contribution in [0.2, 0.25) is 0 Å². The molecular weight excluding hydrogens is 359 g/mol. The predicted molar refractivity (Wildman–Crippen MR) is 78.8 cm³/mol. The van der Waals surface area contributed by atoms with Crippen molar-refractivity contribution in [2.45, 2.75) is 20.0 Å². The van der Waals surface area contributed by atoms with Gasteiger partial charge >= 0.3 is 5.97 Å². The van der Waals surface area contributed by atoms with Gasteiger partial charge in [-0.25, -0.2) is 9.18 Å². The first-order valence-electron chi connectivity index (χ1n) is 6.27. The molecule has 0 bridgehead atoms. The fourth-order valence-corrected chi connectivity index (χ4v) is 1.95. The lowest BCUT2D eigenvalue weighted by Crippen LogP contribution is -2.30. The number of nitrogens with zero attached hydrogens (tertiary/aromatic N) is 1. The summed E-state index contributed by atoms with van der Waals surface area (Å²) in [6.07, 6.45) is -1.12. The number of nitrogens with one attached hydrogen (secondary N) is 1. The molecule has 0 spiro atoms. The number of halogens is 2. The average molecular weight is 371 g/mol. The molecule has 1 aromatic carbocycles. The molecule has 0 aliphatic heterocycles. The fraction of sp³-hybridized carbons (Fsp3) is 0.214. The van der Waals surface area contributed by atoms with Crippen LogP contribution in [0.15, 0.2) is 33.3 Å². The molecule has 0 aliphatic rings. The van der Waals surface area contributed by atoms with Gasteiger partial charge in [0.2, 0.25) is 0 Å². The Morgan fingerprint density at radius 1 is 1.41 bits per heavy atom. The third-order valence-electron chi connectivity index (χ3n) is 2.68. The maximum atomic E-state index is 13.6. The summed E-state index contributed by atoms with van der Waals surface area (Å²) in [5, 5.41) is 6.01. The molecule has 0 unspecified atom stereocenters. The molecular formula is C14H12BrFN2O4. The van der Waals surface area contributed by atoms with Crippen molar-refractivity contribution >= 4 is 33.6 Å². The lowest BCUT2D eigenvalue weighted by atomic mass is 10.2. The maximum absolute atomic E-state index is 13.6. The second kappa shape index (κ2) is 6.69. The van der Waals surface area contributed by atoms with E-state index in [4.69, 9.17) is 9.26 Å². The van der Waals surface area contributed by atoms with Gasteiger partial charge in [-0.15, -0.1) is 0 Å². The summed E-state index contributed by atoms with van der Waals surface area (Å²) in [6, 6.07) is 5.38. The summed E-state index contributed by atoms with van der Waals surface area (Å²) in [7, 11) is 0. The van der Waals surface area contributed by atoms with Crippen LogP contribution < -0.4 is 5.32 Å². The lowest BCUT2D eigenvalue weighted by molar-refractivity contribution is -0.123. The zero-order chi connectivity index (χ0) is 16.3. The van der Waals surface area contributed by atoms with E-state index in [0.717, 1.165) is 6.07 Å². The summed E-state index contributed by atoms with van der Waals surface area (Å²) in [4.78, 5) is 23.8. The molecule has 2 aromatic rings. The number of rotatable bonds is 4. The van der Waals surface area contributed by atoms with Crippen LogP contribution in [-0.2, 0) is 9.53 Å². The first-order chi connectivity index (χ1) is 10.4. The molecule has 0 radical (unpaired) electrons.